The van der Waals surface area contributed by atoms with E-state index in [1.54, 1.807) is 6.07 Å². The summed E-state index contributed by atoms with van der Waals surface area (Å²) in [5.41, 5.74) is 2.38. The van der Waals surface area contributed by atoms with Crippen LogP contribution in [0.4, 0.5) is 4.39 Å². The van der Waals surface area contributed by atoms with Gasteiger partial charge in [-0.05, 0) is 52.7 Å². The number of rotatable bonds is 6. The maximum atomic E-state index is 13.6. The van der Waals surface area contributed by atoms with Gasteiger partial charge in [-0.1, -0.05) is 5.16 Å². The van der Waals surface area contributed by atoms with E-state index >= 15 is 0 Å². The quantitative estimate of drug-likeness (QED) is 0.337. The van der Waals surface area contributed by atoms with Gasteiger partial charge in [0.2, 0.25) is 6.73 Å². The molecule has 0 atom stereocenters. The van der Waals surface area contributed by atoms with E-state index in [1.807, 2.05) is 32.3 Å². The molecule has 1 fully saturated rings. The van der Waals surface area contributed by atoms with Crippen molar-refractivity contribution in [3.63, 3.8) is 0 Å². The van der Waals surface area contributed by atoms with Crippen LogP contribution in [0, 0.1) is 18.2 Å². The van der Waals surface area contributed by atoms with Crippen molar-refractivity contribution in [2.45, 2.75) is 78.7 Å². The van der Waals surface area contributed by atoms with Crippen molar-refractivity contribution in [1.29, 1.82) is 0 Å². The molecule has 212 valence electrons. The molecule has 10 heteroatoms. The van der Waals surface area contributed by atoms with Gasteiger partial charge in [-0.2, -0.15) is 0 Å². The van der Waals surface area contributed by atoms with Gasteiger partial charge in [-0.15, -0.1) is 0 Å². The lowest BCUT2D eigenvalue weighted by atomic mass is 9.90. The normalized spacial score (nSPS) is 21.3. The minimum Gasteiger partial charge on any atom is -1.00 e. The van der Waals surface area contributed by atoms with Crippen LogP contribution in [0.3, 0.4) is 0 Å². The van der Waals surface area contributed by atoms with Gasteiger partial charge in [0.05, 0.1) is 30.7 Å². The molecule has 8 nitrogen and oxygen atoms in total. The van der Waals surface area contributed by atoms with E-state index in [4.69, 9.17) is 14.2 Å². The third-order valence-corrected chi connectivity index (χ3v) is 8.25. The second-order valence-electron chi connectivity index (χ2n) is 12.1. The number of aryl methyl sites for hydroxylation is 2. The number of carbonyl (C=O) groups is 1. The molecule has 2 aromatic heterocycles. The Labute approximate surface area is 234 Å². The van der Waals surface area contributed by atoms with Crippen molar-refractivity contribution in [3.8, 4) is 0 Å². The highest BCUT2D eigenvalue weighted by Gasteiger charge is 2.38. The second-order valence-corrected chi connectivity index (χ2v) is 12.1. The molecule has 0 aliphatic carbocycles. The summed E-state index contributed by atoms with van der Waals surface area (Å²) in [5, 5.41) is 5.13. The van der Waals surface area contributed by atoms with Gasteiger partial charge in [0.1, 0.15) is 11.6 Å². The van der Waals surface area contributed by atoms with Crippen molar-refractivity contribution in [2.75, 3.05) is 26.4 Å². The standard InChI is InChI=1S/C29H38FN4O4.ClH/c1-19-22(27(35)33-13-6-5-7-25(33)31-19)12-16-34(18-37-28(36)29(2,3)4)14-10-20(11-15-34)26-23-9-8-21(30)17-24(23)38-32-26;/h8-9,17,20H,5-7,10-16,18H2,1-4H3;1H/q+1;/p-1. The predicted molar refractivity (Wildman–Crippen MR) is 141 cm³/mol. The second kappa shape index (κ2) is 11.4. The highest BCUT2D eigenvalue weighted by molar-refractivity contribution is 5.80. The number of piperidine rings is 1. The number of aromatic nitrogens is 3. The SMILES string of the molecule is Cc1nc2n(c(=O)c1CC[N+]1(COC(=O)C(C)(C)C)CCC(c3noc4cc(F)ccc34)CC1)CCCC2.[Cl-]. The minimum absolute atomic E-state index is 0. The topological polar surface area (TPSA) is 87.2 Å². The molecule has 1 aromatic carbocycles. The lowest BCUT2D eigenvalue weighted by Crippen LogP contribution is -3.00. The summed E-state index contributed by atoms with van der Waals surface area (Å²) >= 11 is 0. The Bertz CT molecular complexity index is 1400. The fraction of sp³-hybridized carbons (Fsp3) is 0.586. The Hall–Kier alpha value is -2.78. The molecule has 0 saturated carbocycles. The number of carbonyl (C=O) groups excluding carboxylic acids is 1. The van der Waals surface area contributed by atoms with Crippen molar-refractivity contribution in [3.05, 3.63) is 57.1 Å². The fourth-order valence-corrected chi connectivity index (χ4v) is 5.81. The summed E-state index contributed by atoms with van der Waals surface area (Å²) in [6, 6.07) is 4.54. The van der Waals surface area contributed by atoms with E-state index in [-0.39, 0.29) is 42.4 Å². The average molecular weight is 561 g/mol. The van der Waals surface area contributed by atoms with Crippen molar-refractivity contribution < 1.29 is 35.3 Å². The number of nitrogens with zero attached hydrogens (tertiary/aromatic N) is 4. The van der Waals surface area contributed by atoms with Gasteiger partial charge in [0.15, 0.2) is 5.58 Å². The monoisotopic (exact) mass is 560 g/mol. The van der Waals surface area contributed by atoms with Gasteiger partial charge in [-0.25, -0.2) is 9.37 Å². The van der Waals surface area contributed by atoms with E-state index in [2.05, 4.69) is 5.16 Å². The van der Waals surface area contributed by atoms with Gasteiger partial charge in [-0.3, -0.25) is 18.6 Å². The number of esters is 1. The molecule has 1 saturated heterocycles. The maximum absolute atomic E-state index is 13.6. The van der Waals surface area contributed by atoms with Gasteiger partial charge in [0.25, 0.3) is 5.56 Å². The zero-order valence-corrected chi connectivity index (χ0v) is 24.0. The molecule has 0 N–H and O–H groups in total. The van der Waals surface area contributed by atoms with Gasteiger partial charge >= 0.3 is 5.97 Å². The molecular formula is C29H38ClFN4O4. The largest absolute Gasteiger partial charge is 1.00 e. The molecule has 39 heavy (non-hydrogen) atoms. The van der Waals surface area contributed by atoms with Crippen LogP contribution in [0.5, 0.6) is 0 Å². The number of ether oxygens (including phenoxy) is 1. The van der Waals surface area contributed by atoms with Crippen LogP contribution in [0.25, 0.3) is 11.0 Å². The molecule has 0 radical (unpaired) electrons. The van der Waals surface area contributed by atoms with Crippen LogP contribution >= 0.6 is 0 Å². The number of halogens is 2. The third kappa shape index (κ3) is 6.04. The lowest BCUT2D eigenvalue weighted by molar-refractivity contribution is -0.948. The molecular weight excluding hydrogens is 523 g/mol. The molecule has 0 bridgehead atoms. The molecule has 0 unspecified atom stereocenters. The number of fused-ring (bicyclic) bond motifs is 2. The Morgan fingerprint density at radius 3 is 2.69 bits per heavy atom. The first-order chi connectivity index (χ1) is 18.1. The number of quaternary nitrogens is 1. The Morgan fingerprint density at radius 1 is 1.23 bits per heavy atom. The first kappa shape index (κ1) is 29.2. The third-order valence-electron chi connectivity index (χ3n) is 8.25. The molecule has 2 aliphatic heterocycles. The van der Waals surface area contributed by atoms with E-state index in [9.17, 15) is 14.0 Å². The summed E-state index contributed by atoms with van der Waals surface area (Å²) in [4.78, 5) is 30.8. The van der Waals surface area contributed by atoms with Crippen molar-refractivity contribution in [2.24, 2.45) is 5.41 Å². The van der Waals surface area contributed by atoms with E-state index in [0.717, 1.165) is 79.9 Å². The summed E-state index contributed by atoms with van der Waals surface area (Å²) < 4.78 is 27.3. The van der Waals surface area contributed by atoms with E-state index in [1.165, 1.54) is 12.1 Å². The van der Waals surface area contributed by atoms with Crippen LogP contribution in [-0.4, -0.2) is 51.5 Å². The molecule has 4 heterocycles. The number of hydrogen-bond donors (Lipinski definition) is 0. The Morgan fingerprint density at radius 2 is 1.97 bits per heavy atom. The molecule has 2 aliphatic rings. The number of hydrogen-bond acceptors (Lipinski definition) is 6. The smallest absolute Gasteiger partial charge is 0.315 e. The van der Waals surface area contributed by atoms with Crippen LogP contribution in [0.2, 0.25) is 0 Å². The Kier molecular flexibility index (Phi) is 8.52. The molecule has 5 rings (SSSR count). The highest BCUT2D eigenvalue weighted by atomic mass is 35.5. The summed E-state index contributed by atoms with van der Waals surface area (Å²) in [7, 11) is 0. The lowest BCUT2D eigenvalue weighted by Gasteiger charge is -2.43. The first-order valence-electron chi connectivity index (χ1n) is 13.7. The fourth-order valence-electron chi connectivity index (χ4n) is 5.81. The Balaban J connectivity index is 0.00000353. The molecule has 0 amide bonds. The maximum Gasteiger partial charge on any atom is 0.315 e. The summed E-state index contributed by atoms with van der Waals surface area (Å²) in [6.45, 7) is 10.7. The first-order valence-corrected chi connectivity index (χ1v) is 13.7. The van der Waals surface area contributed by atoms with Crippen molar-refractivity contribution in [1.82, 2.24) is 14.7 Å². The van der Waals surface area contributed by atoms with Crippen LogP contribution in [0.15, 0.2) is 27.5 Å². The highest BCUT2D eigenvalue weighted by Crippen LogP contribution is 2.35. The van der Waals surface area contributed by atoms with Crippen LogP contribution in [-0.2, 0) is 28.9 Å². The van der Waals surface area contributed by atoms with Crippen molar-refractivity contribution >= 4 is 16.9 Å². The van der Waals surface area contributed by atoms with Crippen LogP contribution in [0.1, 0.15) is 75.1 Å². The predicted octanol–water partition coefficient (Wildman–Crippen LogP) is 1.66. The van der Waals surface area contributed by atoms with Crippen LogP contribution < -0.4 is 18.0 Å². The summed E-state index contributed by atoms with van der Waals surface area (Å²) in [6.07, 6.45) is 5.16. The molecule has 0 spiro atoms. The molecule has 3 aromatic rings. The summed E-state index contributed by atoms with van der Waals surface area (Å²) in [5.74, 6) is 0.492. The minimum atomic E-state index is -0.588. The van der Waals surface area contributed by atoms with Gasteiger partial charge < -0.3 is 21.7 Å². The van der Waals surface area contributed by atoms with Gasteiger partial charge in [0, 0.05) is 60.9 Å². The van der Waals surface area contributed by atoms with E-state index < -0.39 is 5.41 Å². The van der Waals surface area contributed by atoms with E-state index in [0.29, 0.717) is 23.0 Å². The zero-order valence-electron chi connectivity index (χ0n) is 23.3. The zero-order chi connectivity index (χ0) is 27.1. The average Bonchev–Trinajstić information content (AvgIpc) is 3.30. The number of benzene rings is 1. The number of likely N-dealkylation sites (tertiary alicyclic amines) is 1.